The maximum absolute atomic E-state index is 6.09. The fourth-order valence-corrected chi connectivity index (χ4v) is 3.78. The van der Waals surface area contributed by atoms with Crippen LogP contribution in [0.25, 0.3) is 0 Å². The summed E-state index contributed by atoms with van der Waals surface area (Å²) in [7, 11) is 7.57. The summed E-state index contributed by atoms with van der Waals surface area (Å²) in [5, 5.41) is 3.66. The van der Waals surface area contributed by atoms with Crippen molar-refractivity contribution in [3.05, 3.63) is 52.6 Å². The predicted octanol–water partition coefficient (Wildman–Crippen LogP) is 3.58. The number of hydrogen-bond donors (Lipinski definition) is 1. The summed E-state index contributed by atoms with van der Waals surface area (Å²) in [5.74, 6) is 2.55. The molecule has 1 unspecified atom stereocenters. The normalized spacial score (nSPS) is 16.0. The first-order valence-electron chi connectivity index (χ1n) is 9.89. The van der Waals surface area contributed by atoms with Crippen LogP contribution in [0.3, 0.4) is 0 Å². The average Bonchev–Trinajstić information content (AvgIpc) is 2.69. The Balaban J connectivity index is 1.88. The topological polar surface area (TPSA) is 43.0 Å². The molecule has 0 spiro atoms. The van der Waals surface area contributed by atoms with Crippen LogP contribution in [0.1, 0.15) is 34.7 Å². The molecule has 2 aromatic carbocycles. The van der Waals surface area contributed by atoms with E-state index in [-0.39, 0.29) is 6.04 Å². The minimum absolute atomic E-state index is 0.142. The van der Waals surface area contributed by atoms with Gasteiger partial charge in [0.2, 0.25) is 0 Å². The molecule has 0 aromatic heterocycles. The Kier molecular flexibility index (Phi) is 6.81. The molecule has 2 aromatic rings. The van der Waals surface area contributed by atoms with Crippen molar-refractivity contribution in [2.24, 2.45) is 0 Å². The zero-order chi connectivity index (χ0) is 20.1. The molecule has 1 atom stereocenters. The Morgan fingerprint density at radius 3 is 2.50 bits per heavy atom. The van der Waals surface area contributed by atoms with Gasteiger partial charge in [-0.2, -0.15) is 0 Å². The number of aryl methyl sites for hydroxylation is 1. The highest BCUT2D eigenvalue weighted by Crippen LogP contribution is 2.38. The molecule has 0 aliphatic carbocycles. The van der Waals surface area contributed by atoms with Crippen molar-refractivity contribution in [2.75, 3.05) is 48.0 Å². The number of ether oxygens (including phenoxy) is 3. The van der Waals surface area contributed by atoms with Gasteiger partial charge in [0, 0.05) is 13.1 Å². The molecule has 5 nitrogen and oxygen atoms in total. The summed E-state index contributed by atoms with van der Waals surface area (Å²) in [5.41, 5.74) is 4.96. The predicted molar refractivity (Wildman–Crippen MR) is 113 cm³/mol. The standard InChI is InChI=1S/C23H32N2O3/c1-16-13-18(7-8-20(16)26-4)23-19-15-22(28-12-6-11-25(2)3)21(27-5)14-17(19)9-10-24-23/h7-8,13-15,23-24H,6,9-12H2,1-5H3. The van der Waals surface area contributed by atoms with Crippen molar-refractivity contribution >= 4 is 0 Å². The molecule has 1 aliphatic heterocycles. The molecule has 1 aliphatic rings. The molecule has 0 saturated carbocycles. The van der Waals surface area contributed by atoms with Gasteiger partial charge in [-0.25, -0.2) is 0 Å². The Labute approximate surface area is 168 Å². The Hall–Kier alpha value is -2.24. The van der Waals surface area contributed by atoms with Crippen LogP contribution in [-0.2, 0) is 6.42 Å². The average molecular weight is 385 g/mol. The van der Waals surface area contributed by atoms with Gasteiger partial charge in [0.15, 0.2) is 11.5 Å². The van der Waals surface area contributed by atoms with Gasteiger partial charge in [-0.15, -0.1) is 0 Å². The molecule has 0 saturated heterocycles. The first-order chi connectivity index (χ1) is 13.5. The molecule has 152 valence electrons. The van der Waals surface area contributed by atoms with Crippen molar-refractivity contribution in [2.45, 2.75) is 25.8 Å². The lowest BCUT2D eigenvalue weighted by Gasteiger charge is -2.29. The number of nitrogens with zero attached hydrogens (tertiary/aromatic N) is 1. The van der Waals surface area contributed by atoms with E-state index in [1.165, 1.54) is 16.7 Å². The molecule has 0 amide bonds. The molecule has 0 radical (unpaired) electrons. The van der Waals surface area contributed by atoms with Gasteiger partial charge in [0.05, 0.1) is 26.9 Å². The first-order valence-corrected chi connectivity index (χ1v) is 9.89. The van der Waals surface area contributed by atoms with E-state index < -0.39 is 0 Å². The summed E-state index contributed by atoms with van der Waals surface area (Å²) in [6, 6.07) is 10.8. The number of hydrogen-bond acceptors (Lipinski definition) is 5. The quantitative estimate of drug-likeness (QED) is 0.705. The second-order valence-electron chi connectivity index (χ2n) is 7.57. The smallest absolute Gasteiger partial charge is 0.161 e. The van der Waals surface area contributed by atoms with Gasteiger partial charge in [-0.05, 0) is 74.3 Å². The van der Waals surface area contributed by atoms with Crippen LogP contribution in [0, 0.1) is 6.92 Å². The number of benzene rings is 2. The molecule has 1 N–H and O–H groups in total. The monoisotopic (exact) mass is 384 g/mol. The molecular weight excluding hydrogens is 352 g/mol. The summed E-state index contributed by atoms with van der Waals surface area (Å²) >= 11 is 0. The summed E-state index contributed by atoms with van der Waals surface area (Å²) in [6.45, 7) is 4.70. The Bertz CT molecular complexity index is 805. The van der Waals surface area contributed by atoms with E-state index in [4.69, 9.17) is 14.2 Å². The van der Waals surface area contributed by atoms with Crippen LogP contribution < -0.4 is 19.5 Å². The van der Waals surface area contributed by atoms with E-state index in [9.17, 15) is 0 Å². The third-order valence-electron chi connectivity index (χ3n) is 5.24. The minimum Gasteiger partial charge on any atom is -0.496 e. The van der Waals surface area contributed by atoms with Crippen LogP contribution in [0.15, 0.2) is 30.3 Å². The van der Waals surface area contributed by atoms with Crippen LogP contribution in [0.2, 0.25) is 0 Å². The van der Waals surface area contributed by atoms with E-state index in [0.29, 0.717) is 6.61 Å². The van der Waals surface area contributed by atoms with Gasteiger partial charge in [0.25, 0.3) is 0 Å². The second kappa shape index (κ2) is 9.30. The summed E-state index contributed by atoms with van der Waals surface area (Å²) < 4.78 is 17.1. The van der Waals surface area contributed by atoms with Crippen LogP contribution in [0.5, 0.6) is 17.2 Å². The van der Waals surface area contributed by atoms with Crippen molar-refractivity contribution in [1.29, 1.82) is 0 Å². The minimum atomic E-state index is 0.142. The van der Waals surface area contributed by atoms with Crippen LogP contribution in [-0.4, -0.2) is 52.9 Å². The van der Waals surface area contributed by atoms with Crippen LogP contribution in [0.4, 0.5) is 0 Å². The highest BCUT2D eigenvalue weighted by atomic mass is 16.5. The molecular formula is C23H32N2O3. The molecule has 3 rings (SSSR count). The van der Waals surface area contributed by atoms with E-state index in [1.807, 2.05) is 6.07 Å². The maximum Gasteiger partial charge on any atom is 0.161 e. The van der Waals surface area contributed by atoms with Crippen molar-refractivity contribution in [3.63, 3.8) is 0 Å². The number of fused-ring (bicyclic) bond motifs is 1. The molecule has 28 heavy (non-hydrogen) atoms. The van der Waals surface area contributed by atoms with Crippen molar-refractivity contribution in [3.8, 4) is 17.2 Å². The van der Waals surface area contributed by atoms with E-state index in [2.05, 4.69) is 55.5 Å². The molecule has 5 heteroatoms. The van der Waals surface area contributed by atoms with Crippen molar-refractivity contribution < 1.29 is 14.2 Å². The lowest BCUT2D eigenvalue weighted by atomic mass is 9.88. The SMILES string of the molecule is COc1ccc(C2NCCc3cc(OC)c(OCCCN(C)C)cc32)cc1C. The maximum atomic E-state index is 6.09. The summed E-state index contributed by atoms with van der Waals surface area (Å²) in [4.78, 5) is 2.17. The third-order valence-corrected chi connectivity index (χ3v) is 5.24. The molecule has 0 fully saturated rings. The molecule has 0 bridgehead atoms. The lowest BCUT2D eigenvalue weighted by Crippen LogP contribution is -2.30. The highest BCUT2D eigenvalue weighted by Gasteiger charge is 2.24. The Morgan fingerprint density at radius 1 is 1.04 bits per heavy atom. The first kappa shape index (κ1) is 20.5. The summed E-state index contributed by atoms with van der Waals surface area (Å²) in [6.07, 6.45) is 1.96. The van der Waals surface area contributed by atoms with Crippen LogP contribution >= 0.6 is 0 Å². The lowest BCUT2D eigenvalue weighted by molar-refractivity contribution is 0.267. The van der Waals surface area contributed by atoms with Crippen molar-refractivity contribution in [1.82, 2.24) is 10.2 Å². The van der Waals surface area contributed by atoms with Gasteiger partial charge in [-0.1, -0.05) is 12.1 Å². The third kappa shape index (κ3) is 4.59. The van der Waals surface area contributed by atoms with E-state index in [0.717, 1.165) is 48.7 Å². The highest BCUT2D eigenvalue weighted by molar-refractivity contribution is 5.52. The Morgan fingerprint density at radius 2 is 1.82 bits per heavy atom. The van der Waals surface area contributed by atoms with Gasteiger partial charge >= 0.3 is 0 Å². The van der Waals surface area contributed by atoms with E-state index in [1.54, 1.807) is 14.2 Å². The number of methoxy groups -OCH3 is 2. The van der Waals surface area contributed by atoms with E-state index >= 15 is 0 Å². The fraction of sp³-hybridized carbons (Fsp3) is 0.478. The fourth-order valence-electron chi connectivity index (χ4n) is 3.78. The zero-order valence-electron chi connectivity index (χ0n) is 17.7. The largest absolute Gasteiger partial charge is 0.496 e. The van der Waals surface area contributed by atoms with Gasteiger partial charge < -0.3 is 24.4 Å². The zero-order valence-corrected chi connectivity index (χ0v) is 17.7. The second-order valence-corrected chi connectivity index (χ2v) is 7.57. The van der Waals surface area contributed by atoms with Gasteiger partial charge in [-0.3, -0.25) is 0 Å². The number of rotatable bonds is 8. The number of nitrogens with one attached hydrogen (secondary N) is 1. The molecule has 1 heterocycles. The van der Waals surface area contributed by atoms with Gasteiger partial charge in [0.1, 0.15) is 5.75 Å².